The van der Waals surface area contributed by atoms with Crippen molar-refractivity contribution in [3.8, 4) is 16.9 Å². The zero-order valence-electron chi connectivity index (χ0n) is 16.8. The number of nitrogens with one attached hydrogen (secondary N) is 1. The molecule has 1 heterocycles. The van der Waals surface area contributed by atoms with Gasteiger partial charge in [-0.25, -0.2) is 4.79 Å². The maximum absolute atomic E-state index is 12.2. The first-order valence-corrected chi connectivity index (χ1v) is 10.1. The van der Waals surface area contributed by atoms with Crippen LogP contribution < -0.4 is 5.32 Å². The Morgan fingerprint density at radius 1 is 1.00 bits per heavy atom. The number of fused-ring (bicyclic) bond motifs is 3. The molecule has 1 aromatic heterocycles. The standard InChI is InChI=1S/C24H24N2O5/c27-20-10-5-12-25-22(20)23(29)21(28)11-13-26-24(30)31-14-19-17-8-3-1-6-15(17)16-7-2-4-9-18(16)19/h1-10,12,19,21,23,27-29H,11,13-14H2,(H,26,30). The van der Waals surface area contributed by atoms with Gasteiger partial charge in [-0.2, -0.15) is 0 Å². The zero-order chi connectivity index (χ0) is 21.8. The van der Waals surface area contributed by atoms with Crippen molar-refractivity contribution >= 4 is 6.09 Å². The van der Waals surface area contributed by atoms with Crippen molar-refractivity contribution in [1.82, 2.24) is 10.3 Å². The minimum Gasteiger partial charge on any atom is -0.506 e. The highest BCUT2D eigenvalue weighted by atomic mass is 16.5. The van der Waals surface area contributed by atoms with Crippen LogP contribution in [0.1, 0.15) is 35.3 Å². The fraction of sp³-hybridized carbons (Fsp3) is 0.250. The predicted molar refractivity (Wildman–Crippen MR) is 115 cm³/mol. The van der Waals surface area contributed by atoms with Gasteiger partial charge in [0.15, 0.2) is 0 Å². The molecule has 1 aliphatic carbocycles. The summed E-state index contributed by atoms with van der Waals surface area (Å²) >= 11 is 0. The molecule has 4 rings (SSSR count). The lowest BCUT2D eigenvalue weighted by molar-refractivity contribution is 0.00977. The third-order valence-electron chi connectivity index (χ3n) is 5.51. The number of amides is 1. The molecule has 160 valence electrons. The quantitative estimate of drug-likeness (QED) is 0.467. The SMILES string of the molecule is O=C(NCCC(O)C(O)c1ncccc1O)OCC1c2ccccc2-c2ccccc21. The van der Waals surface area contributed by atoms with Crippen LogP contribution in [0.2, 0.25) is 0 Å². The van der Waals surface area contributed by atoms with Crippen LogP contribution in [0, 0.1) is 0 Å². The van der Waals surface area contributed by atoms with Gasteiger partial charge in [-0.1, -0.05) is 48.5 Å². The first-order valence-electron chi connectivity index (χ1n) is 10.1. The maximum Gasteiger partial charge on any atom is 0.407 e. The maximum atomic E-state index is 12.2. The topological polar surface area (TPSA) is 112 Å². The summed E-state index contributed by atoms with van der Waals surface area (Å²) in [6.07, 6.45) is -1.66. The van der Waals surface area contributed by atoms with E-state index in [4.69, 9.17) is 4.74 Å². The van der Waals surface area contributed by atoms with Crippen molar-refractivity contribution in [1.29, 1.82) is 0 Å². The molecule has 0 spiro atoms. The van der Waals surface area contributed by atoms with Crippen molar-refractivity contribution in [3.63, 3.8) is 0 Å². The number of rotatable bonds is 7. The van der Waals surface area contributed by atoms with Crippen LogP contribution in [0.4, 0.5) is 4.79 Å². The average Bonchev–Trinajstić information content (AvgIpc) is 3.11. The van der Waals surface area contributed by atoms with Crippen molar-refractivity contribution in [2.24, 2.45) is 0 Å². The van der Waals surface area contributed by atoms with E-state index in [1.165, 1.54) is 18.3 Å². The summed E-state index contributed by atoms with van der Waals surface area (Å²) in [6.45, 7) is 0.301. The highest BCUT2D eigenvalue weighted by Gasteiger charge is 2.29. The molecule has 2 atom stereocenters. The molecule has 1 amide bonds. The largest absolute Gasteiger partial charge is 0.506 e. The number of benzene rings is 2. The van der Waals surface area contributed by atoms with Gasteiger partial charge in [0.2, 0.25) is 0 Å². The Hall–Kier alpha value is -3.42. The normalized spacial score (nSPS) is 14.4. The number of aliphatic hydroxyl groups is 2. The fourth-order valence-electron chi connectivity index (χ4n) is 3.95. The molecule has 3 aromatic rings. The monoisotopic (exact) mass is 420 g/mol. The number of pyridine rings is 1. The van der Waals surface area contributed by atoms with E-state index in [0.717, 1.165) is 22.3 Å². The third kappa shape index (κ3) is 4.38. The molecule has 31 heavy (non-hydrogen) atoms. The van der Waals surface area contributed by atoms with Gasteiger partial charge >= 0.3 is 6.09 Å². The van der Waals surface area contributed by atoms with E-state index >= 15 is 0 Å². The van der Waals surface area contributed by atoms with Crippen LogP contribution in [-0.4, -0.2) is 45.7 Å². The zero-order valence-corrected chi connectivity index (χ0v) is 16.8. The fourth-order valence-corrected chi connectivity index (χ4v) is 3.95. The number of alkyl carbamates (subject to hydrolysis) is 1. The number of carbonyl (C=O) groups is 1. The Kier molecular flexibility index (Phi) is 6.16. The van der Waals surface area contributed by atoms with Gasteiger partial charge in [0, 0.05) is 18.7 Å². The van der Waals surface area contributed by atoms with Crippen LogP contribution >= 0.6 is 0 Å². The summed E-state index contributed by atoms with van der Waals surface area (Å²) in [5, 5.41) is 32.6. The molecule has 4 N–H and O–H groups in total. The first kappa shape index (κ1) is 20.8. The average molecular weight is 420 g/mol. The van der Waals surface area contributed by atoms with Crippen LogP contribution in [0.5, 0.6) is 5.75 Å². The molecule has 0 fully saturated rings. The van der Waals surface area contributed by atoms with E-state index in [-0.39, 0.29) is 36.9 Å². The molecule has 0 aliphatic heterocycles. The number of aliphatic hydroxyl groups excluding tert-OH is 2. The molecule has 0 saturated carbocycles. The van der Waals surface area contributed by atoms with E-state index in [2.05, 4.69) is 22.4 Å². The smallest absolute Gasteiger partial charge is 0.407 e. The summed E-state index contributed by atoms with van der Waals surface area (Å²) in [7, 11) is 0. The molecule has 0 bridgehead atoms. The number of aromatic hydroxyl groups is 1. The third-order valence-corrected chi connectivity index (χ3v) is 5.51. The van der Waals surface area contributed by atoms with Crippen LogP contribution in [0.3, 0.4) is 0 Å². The molecule has 0 saturated heterocycles. The van der Waals surface area contributed by atoms with E-state index in [1.54, 1.807) is 0 Å². The number of aromatic nitrogens is 1. The molecule has 1 aliphatic rings. The summed E-state index contributed by atoms with van der Waals surface area (Å²) in [5.41, 5.74) is 4.57. The van der Waals surface area contributed by atoms with Crippen LogP contribution in [0.25, 0.3) is 11.1 Å². The number of ether oxygens (including phenoxy) is 1. The Balaban J connectivity index is 1.29. The van der Waals surface area contributed by atoms with E-state index in [9.17, 15) is 20.1 Å². The molecule has 2 unspecified atom stereocenters. The Bertz CT molecular complexity index is 1030. The lowest BCUT2D eigenvalue weighted by Crippen LogP contribution is -2.30. The van der Waals surface area contributed by atoms with Crippen molar-refractivity contribution < 1.29 is 24.9 Å². The van der Waals surface area contributed by atoms with Gasteiger partial charge in [0.05, 0.1) is 6.10 Å². The molecule has 7 heteroatoms. The number of hydrogen-bond donors (Lipinski definition) is 4. The highest BCUT2D eigenvalue weighted by Crippen LogP contribution is 2.44. The van der Waals surface area contributed by atoms with Gasteiger partial charge in [0.25, 0.3) is 0 Å². The molecule has 7 nitrogen and oxygen atoms in total. The molecular weight excluding hydrogens is 396 g/mol. The van der Waals surface area contributed by atoms with Crippen molar-refractivity contribution in [2.75, 3.05) is 13.2 Å². The molecule has 0 radical (unpaired) electrons. The van der Waals surface area contributed by atoms with Gasteiger partial charge in [0.1, 0.15) is 24.2 Å². The minimum atomic E-state index is -1.36. The number of hydrogen-bond acceptors (Lipinski definition) is 6. The lowest BCUT2D eigenvalue weighted by atomic mass is 9.98. The summed E-state index contributed by atoms with van der Waals surface area (Å²) in [6, 6.07) is 19.1. The molecular formula is C24H24N2O5. The highest BCUT2D eigenvalue weighted by molar-refractivity contribution is 5.79. The van der Waals surface area contributed by atoms with Gasteiger partial charge < -0.3 is 25.4 Å². The Morgan fingerprint density at radius 3 is 2.29 bits per heavy atom. The second-order valence-corrected chi connectivity index (χ2v) is 7.46. The van der Waals surface area contributed by atoms with Crippen molar-refractivity contribution in [3.05, 3.63) is 83.7 Å². The predicted octanol–water partition coefficient (Wildman–Crippen LogP) is 3.11. The van der Waals surface area contributed by atoms with Crippen molar-refractivity contribution in [2.45, 2.75) is 24.5 Å². The van der Waals surface area contributed by atoms with Gasteiger partial charge in [-0.05, 0) is 40.8 Å². The van der Waals surface area contributed by atoms with E-state index in [1.807, 2.05) is 36.4 Å². The van der Waals surface area contributed by atoms with Crippen LogP contribution in [-0.2, 0) is 4.74 Å². The second-order valence-electron chi connectivity index (χ2n) is 7.46. The Labute approximate surface area is 180 Å². The minimum absolute atomic E-state index is 0.00357. The first-order chi connectivity index (χ1) is 15.1. The van der Waals surface area contributed by atoms with E-state index in [0.29, 0.717) is 0 Å². The second kappa shape index (κ2) is 9.16. The summed E-state index contributed by atoms with van der Waals surface area (Å²) < 4.78 is 5.44. The van der Waals surface area contributed by atoms with Gasteiger partial charge in [-0.3, -0.25) is 4.98 Å². The summed E-state index contributed by atoms with van der Waals surface area (Å²) in [4.78, 5) is 16.1. The summed E-state index contributed by atoms with van der Waals surface area (Å²) in [5.74, 6) is -0.226. The lowest BCUT2D eigenvalue weighted by Gasteiger charge is -2.18. The number of nitrogens with zero attached hydrogens (tertiary/aromatic N) is 1. The number of carbonyl (C=O) groups excluding carboxylic acids is 1. The van der Waals surface area contributed by atoms with Gasteiger partial charge in [-0.15, -0.1) is 0 Å². The van der Waals surface area contributed by atoms with E-state index < -0.39 is 18.3 Å². The van der Waals surface area contributed by atoms with Crippen LogP contribution in [0.15, 0.2) is 66.9 Å². The molecule has 2 aromatic carbocycles. The Morgan fingerprint density at radius 2 is 1.65 bits per heavy atom.